The van der Waals surface area contributed by atoms with Crippen molar-refractivity contribution in [1.29, 1.82) is 0 Å². The van der Waals surface area contributed by atoms with Crippen LogP contribution >= 0.6 is 23.4 Å². The highest BCUT2D eigenvalue weighted by molar-refractivity contribution is 7.99. The predicted octanol–water partition coefficient (Wildman–Crippen LogP) is 2.31. The Kier molecular flexibility index (Phi) is 7.53. The fourth-order valence-corrected chi connectivity index (χ4v) is 3.53. The van der Waals surface area contributed by atoms with Crippen LogP contribution in [0.2, 0.25) is 5.02 Å². The fourth-order valence-electron chi connectivity index (χ4n) is 2.62. The summed E-state index contributed by atoms with van der Waals surface area (Å²) < 4.78 is 13.3. The SMILES string of the molecule is COc1cccc(C[NH2+]CCSc2nnnn2C)c1OCc1ccc(Cl)cc1. The summed E-state index contributed by atoms with van der Waals surface area (Å²) in [5.41, 5.74) is 2.15. The molecule has 148 valence electrons. The van der Waals surface area contributed by atoms with E-state index in [2.05, 4.69) is 26.9 Å². The van der Waals surface area contributed by atoms with Gasteiger partial charge < -0.3 is 14.8 Å². The molecule has 0 spiro atoms. The second kappa shape index (κ2) is 10.3. The van der Waals surface area contributed by atoms with Crippen LogP contribution in [0.15, 0.2) is 47.6 Å². The molecule has 0 atom stereocenters. The van der Waals surface area contributed by atoms with Gasteiger partial charge in [0.15, 0.2) is 11.5 Å². The second-order valence-electron chi connectivity index (χ2n) is 6.08. The van der Waals surface area contributed by atoms with Gasteiger partial charge in [0.2, 0.25) is 5.16 Å². The number of benzene rings is 2. The van der Waals surface area contributed by atoms with Gasteiger partial charge in [0.25, 0.3) is 0 Å². The number of thioether (sulfide) groups is 1. The third-order valence-electron chi connectivity index (χ3n) is 4.08. The van der Waals surface area contributed by atoms with Crippen molar-refractivity contribution in [2.75, 3.05) is 19.4 Å². The Balaban J connectivity index is 1.55. The summed E-state index contributed by atoms with van der Waals surface area (Å²) >= 11 is 7.59. The maximum atomic E-state index is 6.09. The molecule has 28 heavy (non-hydrogen) atoms. The smallest absolute Gasteiger partial charge is 0.209 e. The number of nitrogens with two attached hydrogens (primary N) is 1. The third kappa shape index (κ3) is 5.60. The van der Waals surface area contributed by atoms with Crippen molar-refractivity contribution in [2.24, 2.45) is 7.05 Å². The highest BCUT2D eigenvalue weighted by Gasteiger charge is 2.12. The molecule has 2 aromatic carbocycles. The molecule has 0 saturated carbocycles. The fraction of sp³-hybridized carbons (Fsp3) is 0.316. The number of quaternary nitrogens is 1. The minimum atomic E-state index is 0.458. The van der Waals surface area contributed by atoms with Gasteiger partial charge in [0.1, 0.15) is 13.2 Å². The number of aryl methyl sites for hydroxylation is 1. The largest absolute Gasteiger partial charge is 0.493 e. The summed E-state index contributed by atoms with van der Waals surface area (Å²) in [6.45, 7) is 2.19. The lowest BCUT2D eigenvalue weighted by Crippen LogP contribution is -2.83. The maximum Gasteiger partial charge on any atom is 0.209 e. The van der Waals surface area contributed by atoms with Crippen LogP contribution in [0.3, 0.4) is 0 Å². The Morgan fingerprint density at radius 2 is 2.00 bits per heavy atom. The van der Waals surface area contributed by atoms with Gasteiger partial charge in [-0.2, -0.15) is 0 Å². The molecule has 0 saturated heterocycles. The van der Waals surface area contributed by atoms with Crippen LogP contribution in [-0.4, -0.2) is 39.6 Å². The lowest BCUT2D eigenvalue weighted by Gasteiger charge is -2.14. The van der Waals surface area contributed by atoms with E-state index in [4.69, 9.17) is 21.1 Å². The number of tetrazole rings is 1. The van der Waals surface area contributed by atoms with Crippen LogP contribution in [-0.2, 0) is 20.2 Å². The molecule has 0 aliphatic rings. The van der Waals surface area contributed by atoms with Crippen LogP contribution in [0, 0.1) is 0 Å². The lowest BCUT2D eigenvalue weighted by molar-refractivity contribution is -0.666. The van der Waals surface area contributed by atoms with Gasteiger partial charge >= 0.3 is 0 Å². The van der Waals surface area contributed by atoms with E-state index in [0.29, 0.717) is 11.6 Å². The van der Waals surface area contributed by atoms with E-state index in [0.717, 1.165) is 46.6 Å². The highest BCUT2D eigenvalue weighted by atomic mass is 35.5. The number of aromatic nitrogens is 4. The first kappa shape index (κ1) is 20.4. The van der Waals surface area contributed by atoms with Gasteiger partial charge in [0.05, 0.1) is 25.0 Å². The predicted molar refractivity (Wildman–Crippen MR) is 109 cm³/mol. The van der Waals surface area contributed by atoms with Crippen LogP contribution in [0.5, 0.6) is 11.5 Å². The van der Waals surface area contributed by atoms with Crippen molar-refractivity contribution in [3.63, 3.8) is 0 Å². The molecule has 0 bridgehead atoms. The van der Waals surface area contributed by atoms with Gasteiger partial charge in [0, 0.05) is 12.1 Å². The Bertz CT molecular complexity index is 888. The van der Waals surface area contributed by atoms with E-state index in [9.17, 15) is 0 Å². The molecule has 0 amide bonds. The molecule has 3 aromatic rings. The zero-order chi connectivity index (χ0) is 19.8. The maximum absolute atomic E-state index is 6.09. The number of methoxy groups -OCH3 is 1. The van der Waals surface area contributed by atoms with E-state index < -0.39 is 0 Å². The topological polar surface area (TPSA) is 78.7 Å². The number of para-hydroxylation sites is 1. The zero-order valence-electron chi connectivity index (χ0n) is 15.8. The number of halogens is 1. The first-order valence-corrected chi connectivity index (χ1v) is 10.2. The molecule has 7 nitrogen and oxygen atoms in total. The van der Waals surface area contributed by atoms with Crippen molar-refractivity contribution in [2.45, 2.75) is 18.3 Å². The number of rotatable bonds is 10. The van der Waals surface area contributed by atoms with E-state index in [1.807, 2.05) is 43.4 Å². The van der Waals surface area contributed by atoms with Crippen molar-refractivity contribution >= 4 is 23.4 Å². The first-order chi connectivity index (χ1) is 13.7. The van der Waals surface area contributed by atoms with Crippen LogP contribution in [0.1, 0.15) is 11.1 Å². The minimum Gasteiger partial charge on any atom is -0.493 e. The monoisotopic (exact) mass is 420 g/mol. The summed E-state index contributed by atoms with van der Waals surface area (Å²) in [5.74, 6) is 2.43. The average Bonchev–Trinajstić information content (AvgIpc) is 3.12. The molecular formula is C19H23ClN5O2S+. The summed E-state index contributed by atoms with van der Waals surface area (Å²) in [6.07, 6.45) is 0. The van der Waals surface area contributed by atoms with E-state index >= 15 is 0 Å². The summed E-state index contributed by atoms with van der Waals surface area (Å²) in [4.78, 5) is 0. The Hall–Kier alpha value is -2.29. The van der Waals surface area contributed by atoms with Crippen LogP contribution < -0.4 is 14.8 Å². The number of hydrogen-bond donors (Lipinski definition) is 1. The molecule has 0 unspecified atom stereocenters. The third-order valence-corrected chi connectivity index (χ3v) is 5.37. The van der Waals surface area contributed by atoms with Crippen molar-refractivity contribution < 1.29 is 14.8 Å². The molecule has 9 heteroatoms. The minimum absolute atomic E-state index is 0.458. The van der Waals surface area contributed by atoms with E-state index in [-0.39, 0.29) is 0 Å². The lowest BCUT2D eigenvalue weighted by atomic mass is 10.1. The van der Waals surface area contributed by atoms with Gasteiger partial charge in [-0.15, -0.1) is 5.10 Å². The highest BCUT2D eigenvalue weighted by Crippen LogP contribution is 2.31. The van der Waals surface area contributed by atoms with Gasteiger partial charge in [-0.3, -0.25) is 0 Å². The van der Waals surface area contributed by atoms with Crippen LogP contribution in [0.4, 0.5) is 0 Å². The number of nitrogens with zero attached hydrogens (tertiary/aromatic N) is 4. The summed E-state index contributed by atoms with van der Waals surface area (Å²) in [5, 5.41) is 15.2. The van der Waals surface area contributed by atoms with Gasteiger partial charge in [-0.05, 0) is 40.3 Å². The van der Waals surface area contributed by atoms with Crippen molar-refractivity contribution in [3.8, 4) is 11.5 Å². The zero-order valence-corrected chi connectivity index (χ0v) is 17.4. The number of hydrogen-bond acceptors (Lipinski definition) is 6. The Labute approximate surface area is 173 Å². The van der Waals surface area contributed by atoms with Crippen molar-refractivity contribution in [1.82, 2.24) is 20.2 Å². The standard InChI is InChI=1S/C19H22ClN5O2S/c1-25-19(22-23-24-25)28-11-10-21-12-15-4-3-5-17(26-2)18(15)27-13-14-6-8-16(20)9-7-14/h3-9,21H,10-13H2,1-2H3/p+1. The Morgan fingerprint density at radius 1 is 1.18 bits per heavy atom. The first-order valence-electron chi connectivity index (χ1n) is 8.87. The number of ether oxygens (including phenoxy) is 2. The molecular weight excluding hydrogens is 398 g/mol. The molecule has 3 rings (SSSR count). The normalized spacial score (nSPS) is 10.8. The molecule has 1 heterocycles. The van der Waals surface area contributed by atoms with Gasteiger partial charge in [-0.25, -0.2) is 4.68 Å². The molecule has 0 radical (unpaired) electrons. The molecule has 0 aliphatic carbocycles. The average molecular weight is 421 g/mol. The van der Waals surface area contributed by atoms with Gasteiger partial charge in [-0.1, -0.05) is 41.6 Å². The summed E-state index contributed by atoms with van der Waals surface area (Å²) in [7, 11) is 3.50. The molecule has 2 N–H and O–H groups in total. The molecule has 1 aromatic heterocycles. The molecule has 0 aliphatic heterocycles. The molecule has 0 fully saturated rings. The summed E-state index contributed by atoms with van der Waals surface area (Å²) in [6, 6.07) is 13.6. The second-order valence-corrected chi connectivity index (χ2v) is 7.58. The van der Waals surface area contributed by atoms with Crippen LogP contribution in [0.25, 0.3) is 0 Å². The van der Waals surface area contributed by atoms with E-state index in [1.165, 1.54) is 0 Å². The van der Waals surface area contributed by atoms with E-state index in [1.54, 1.807) is 23.6 Å². The Morgan fingerprint density at radius 3 is 2.71 bits per heavy atom. The van der Waals surface area contributed by atoms with Crippen molar-refractivity contribution in [3.05, 3.63) is 58.6 Å². The quantitative estimate of drug-likeness (QED) is 0.400.